The quantitative estimate of drug-likeness (QED) is 0.384. The molecular formula is C29H32FN3O. The Kier molecular flexibility index (Phi) is 6.70. The molecule has 0 N–H and O–H groups in total. The normalized spacial score (nSPS) is 19.1. The fourth-order valence-electron chi connectivity index (χ4n) is 5.44. The molecule has 2 aromatic heterocycles. The van der Waals surface area contributed by atoms with Gasteiger partial charge >= 0.3 is 0 Å². The van der Waals surface area contributed by atoms with Gasteiger partial charge in [0.15, 0.2) is 5.82 Å². The molecule has 176 valence electrons. The van der Waals surface area contributed by atoms with Crippen LogP contribution in [0.3, 0.4) is 0 Å². The van der Waals surface area contributed by atoms with Crippen molar-refractivity contribution in [1.82, 2.24) is 15.0 Å². The Bertz CT molecular complexity index is 1230. The summed E-state index contributed by atoms with van der Waals surface area (Å²) in [6, 6.07) is 8.09. The number of halogens is 1. The monoisotopic (exact) mass is 457 g/mol. The molecule has 1 unspecified atom stereocenters. The molecule has 1 atom stereocenters. The predicted molar refractivity (Wildman–Crippen MR) is 135 cm³/mol. The number of benzene rings is 1. The summed E-state index contributed by atoms with van der Waals surface area (Å²) in [7, 11) is 1.68. The highest BCUT2D eigenvalue weighted by molar-refractivity contribution is 5.89. The molecule has 5 heteroatoms. The van der Waals surface area contributed by atoms with Crippen LogP contribution in [0, 0.1) is 5.92 Å². The highest BCUT2D eigenvalue weighted by Gasteiger charge is 2.23. The third-order valence-electron chi connectivity index (χ3n) is 7.46. The Balaban J connectivity index is 1.62. The van der Waals surface area contributed by atoms with Gasteiger partial charge in [-0.2, -0.15) is 0 Å². The summed E-state index contributed by atoms with van der Waals surface area (Å²) in [5.74, 6) is 1.99. The molecule has 0 radical (unpaired) electrons. The van der Waals surface area contributed by atoms with Gasteiger partial charge in [-0.15, -0.1) is 0 Å². The minimum Gasteiger partial charge on any atom is -0.494 e. The van der Waals surface area contributed by atoms with E-state index in [1.807, 2.05) is 31.2 Å². The molecule has 0 spiro atoms. The van der Waals surface area contributed by atoms with E-state index in [-0.39, 0.29) is 11.7 Å². The number of ether oxygens (including phenoxy) is 1. The van der Waals surface area contributed by atoms with Crippen molar-refractivity contribution in [3.05, 3.63) is 71.5 Å². The molecule has 0 aliphatic heterocycles. The lowest BCUT2D eigenvalue weighted by Gasteiger charge is -2.23. The first-order chi connectivity index (χ1) is 16.6. The van der Waals surface area contributed by atoms with E-state index in [4.69, 9.17) is 14.7 Å². The summed E-state index contributed by atoms with van der Waals surface area (Å²) >= 11 is 0. The van der Waals surface area contributed by atoms with Crippen LogP contribution in [0.25, 0.3) is 22.3 Å². The molecule has 1 aromatic carbocycles. The fourth-order valence-corrected chi connectivity index (χ4v) is 5.44. The minimum absolute atomic E-state index is 0.00695. The molecule has 5 rings (SSSR count). The molecule has 2 heterocycles. The Morgan fingerprint density at radius 2 is 1.97 bits per heavy atom. The van der Waals surface area contributed by atoms with E-state index in [1.165, 1.54) is 32.1 Å². The molecule has 2 aliphatic rings. The summed E-state index contributed by atoms with van der Waals surface area (Å²) in [6.07, 6.45) is 16.5. The lowest BCUT2D eigenvalue weighted by atomic mass is 9.84. The SMILES string of the molecule is COc1cc(C2CC=CC(F)=C2C)cc2c(CCC3CCCCC3)nc(-c3cccnc3)nc12. The standard InChI is InChI=1S/C29H32FN3O/c1-19-23(11-6-12-25(19)30)22-16-24-26(14-13-20-8-4-3-5-9-20)32-29(21-10-7-15-31-18-21)33-28(24)27(17-22)34-2/h6-7,10,12,15-18,20,23H,3-5,8-9,11,13-14H2,1-2H3. The van der Waals surface area contributed by atoms with Crippen molar-refractivity contribution in [2.24, 2.45) is 5.92 Å². The summed E-state index contributed by atoms with van der Waals surface area (Å²) in [6.45, 7) is 1.88. The van der Waals surface area contributed by atoms with Crippen LogP contribution in [0.4, 0.5) is 4.39 Å². The number of hydrogen-bond donors (Lipinski definition) is 0. The van der Waals surface area contributed by atoms with Crippen molar-refractivity contribution < 1.29 is 9.13 Å². The Morgan fingerprint density at radius 3 is 2.74 bits per heavy atom. The zero-order valence-corrected chi connectivity index (χ0v) is 20.1. The van der Waals surface area contributed by atoms with Gasteiger partial charge in [0.2, 0.25) is 0 Å². The van der Waals surface area contributed by atoms with Crippen LogP contribution in [0.5, 0.6) is 5.75 Å². The first-order valence-electron chi connectivity index (χ1n) is 12.5. The van der Waals surface area contributed by atoms with Gasteiger partial charge in [-0.1, -0.05) is 38.2 Å². The lowest BCUT2D eigenvalue weighted by Crippen LogP contribution is -2.09. The number of aryl methyl sites for hydroxylation is 1. The second-order valence-corrected chi connectivity index (χ2v) is 9.62. The number of hydrogen-bond acceptors (Lipinski definition) is 4. The summed E-state index contributed by atoms with van der Waals surface area (Å²) in [5, 5.41) is 1.01. The predicted octanol–water partition coefficient (Wildman–Crippen LogP) is 7.50. The maximum atomic E-state index is 14.4. The zero-order chi connectivity index (χ0) is 23.5. The van der Waals surface area contributed by atoms with Gasteiger partial charge in [0, 0.05) is 29.3 Å². The first-order valence-corrected chi connectivity index (χ1v) is 12.5. The largest absolute Gasteiger partial charge is 0.494 e. The van der Waals surface area contributed by atoms with Crippen molar-refractivity contribution in [3.63, 3.8) is 0 Å². The fraction of sp³-hybridized carbons (Fsp3) is 0.414. The van der Waals surface area contributed by atoms with E-state index in [1.54, 1.807) is 25.6 Å². The Labute approximate surface area is 201 Å². The van der Waals surface area contributed by atoms with Gasteiger partial charge < -0.3 is 4.74 Å². The number of nitrogens with zero attached hydrogens (tertiary/aromatic N) is 3. The van der Waals surface area contributed by atoms with Crippen LogP contribution in [0.2, 0.25) is 0 Å². The maximum Gasteiger partial charge on any atom is 0.161 e. The van der Waals surface area contributed by atoms with E-state index in [2.05, 4.69) is 11.1 Å². The van der Waals surface area contributed by atoms with E-state index >= 15 is 0 Å². The average molecular weight is 458 g/mol. The van der Waals surface area contributed by atoms with Crippen LogP contribution >= 0.6 is 0 Å². The van der Waals surface area contributed by atoms with Crippen molar-refractivity contribution in [3.8, 4) is 17.1 Å². The topological polar surface area (TPSA) is 47.9 Å². The van der Waals surface area contributed by atoms with Crippen molar-refractivity contribution in [1.29, 1.82) is 0 Å². The summed E-state index contributed by atoms with van der Waals surface area (Å²) in [4.78, 5) is 14.2. The van der Waals surface area contributed by atoms with Gasteiger partial charge in [0.25, 0.3) is 0 Å². The second-order valence-electron chi connectivity index (χ2n) is 9.62. The van der Waals surface area contributed by atoms with E-state index < -0.39 is 0 Å². The third-order valence-corrected chi connectivity index (χ3v) is 7.46. The maximum absolute atomic E-state index is 14.4. The molecule has 0 amide bonds. The summed E-state index contributed by atoms with van der Waals surface area (Å²) < 4.78 is 20.2. The Hall–Kier alpha value is -3.08. The second kappa shape index (κ2) is 10.0. The molecule has 4 nitrogen and oxygen atoms in total. The smallest absolute Gasteiger partial charge is 0.161 e. The number of allylic oxidation sites excluding steroid dienone is 4. The van der Waals surface area contributed by atoms with Gasteiger partial charge in [-0.05, 0) is 73.6 Å². The van der Waals surface area contributed by atoms with E-state index in [9.17, 15) is 4.39 Å². The molecule has 1 fully saturated rings. The molecule has 0 bridgehead atoms. The van der Waals surface area contributed by atoms with Crippen LogP contribution in [-0.4, -0.2) is 22.1 Å². The van der Waals surface area contributed by atoms with Crippen molar-refractivity contribution in [2.45, 2.75) is 64.2 Å². The van der Waals surface area contributed by atoms with E-state index in [0.717, 1.165) is 58.5 Å². The van der Waals surface area contributed by atoms with Gasteiger partial charge in [-0.25, -0.2) is 14.4 Å². The lowest BCUT2D eigenvalue weighted by molar-refractivity contribution is 0.338. The number of pyridine rings is 1. The number of rotatable bonds is 6. The molecule has 3 aromatic rings. The highest BCUT2D eigenvalue weighted by atomic mass is 19.1. The minimum atomic E-state index is -0.143. The molecular weight excluding hydrogens is 425 g/mol. The van der Waals surface area contributed by atoms with Crippen LogP contribution < -0.4 is 4.74 Å². The van der Waals surface area contributed by atoms with Crippen LogP contribution in [0.15, 0.2) is 60.2 Å². The van der Waals surface area contributed by atoms with Crippen LogP contribution in [0.1, 0.15) is 69.0 Å². The zero-order valence-electron chi connectivity index (χ0n) is 20.1. The number of fused-ring (bicyclic) bond motifs is 1. The van der Waals surface area contributed by atoms with Gasteiger partial charge in [0.1, 0.15) is 17.1 Å². The number of methoxy groups -OCH3 is 1. The summed E-state index contributed by atoms with van der Waals surface area (Å²) in [5.41, 5.74) is 4.57. The average Bonchev–Trinajstić information content (AvgIpc) is 2.89. The molecule has 1 saturated carbocycles. The highest BCUT2D eigenvalue weighted by Crippen LogP contribution is 2.39. The van der Waals surface area contributed by atoms with Crippen molar-refractivity contribution >= 4 is 10.9 Å². The molecule has 34 heavy (non-hydrogen) atoms. The Morgan fingerprint density at radius 1 is 1.12 bits per heavy atom. The molecule has 0 saturated heterocycles. The number of aromatic nitrogens is 3. The third kappa shape index (κ3) is 4.61. The first kappa shape index (κ1) is 22.7. The van der Waals surface area contributed by atoms with Gasteiger partial charge in [-0.3, -0.25) is 4.98 Å². The van der Waals surface area contributed by atoms with Gasteiger partial charge in [0.05, 0.1) is 12.8 Å². The van der Waals surface area contributed by atoms with E-state index in [0.29, 0.717) is 11.6 Å². The van der Waals surface area contributed by atoms with Crippen LogP contribution in [-0.2, 0) is 6.42 Å². The molecule has 2 aliphatic carbocycles. The van der Waals surface area contributed by atoms with Crippen molar-refractivity contribution in [2.75, 3.05) is 7.11 Å².